The predicted molar refractivity (Wildman–Crippen MR) is 118 cm³/mol. The van der Waals surface area contributed by atoms with E-state index in [2.05, 4.69) is 20.8 Å². The van der Waals surface area contributed by atoms with E-state index in [0.717, 1.165) is 5.56 Å². The lowest BCUT2D eigenvalue weighted by atomic mass is 10.1. The zero-order valence-corrected chi connectivity index (χ0v) is 17.3. The van der Waals surface area contributed by atoms with Crippen molar-refractivity contribution in [3.63, 3.8) is 0 Å². The summed E-state index contributed by atoms with van der Waals surface area (Å²) in [5.74, 6) is 1.05. The van der Waals surface area contributed by atoms with Gasteiger partial charge in [0.05, 0.1) is 23.4 Å². The molecule has 0 saturated heterocycles. The highest BCUT2D eigenvalue weighted by Crippen LogP contribution is 2.29. The van der Waals surface area contributed by atoms with E-state index < -0.39 is 12.1 Å². The lowest BCUT2D eigenvalue weighted by molar-refractivity contribution is 0.248. The molecule has 2 N–H and O–H groups in total. The van der Waals surface area contributed by atoms with Crippen molar-refractivity contribution >= 4 is 23.3 Å². The predicted octanol–water partition coefficient (Wildman–Crippen LogP) is 5.31. The number of carbonyl (C=O) groups excluding carboxylic acids is 1. The number of urea groups is 1. The van der Waals surface area contributed by atoms with Crippen molar-refractivity contribution in [2.75, 3.05) is 12.4 Å². The average Bonchev–Trinajstić information content (AvgIpc) is 3.28. The van der Waals surface area contributed by atoms with Crippen LogP contribution < -0.4 is 15.4 Å². The van der Waals surface area contributed by atoms with Crippen LogP contribution in [0.4, 0.5) is 10.5 Å². The largest absolute Gasteiger partial charge is 0.495 e. The molecule has 3 aromatic carbocycles. The number of nitrogens with one attached hydrogen (secondary N) is 2. The minimum atomic E-state index is -0.667. The van der Waals surface area contributed by atoms with E-state index in [4.69, 9.17) is 20.8 Å². The molecule has 156 valence electrons. The number of nitrogens with zero attached hydrogens (tertiary/aromatic N) is 2. The van der Waals surface area contributed by atoms with Crippen molar-refractivity contribution in [1.29, 1.82) is 0 Å². The Morgan fingerprint density at radius 2 is 1.68 bits per heavy atom. The van der Waals surface area contributed by atoms with Crippen LogP contribution >= 0.6 is 11.6 Å². The van der Waals surface area contributed by atoms with Gasteiger partial charge in [-0.25, -0.2) is 4.79 Å². The number of para-hydroxylation sites is 2. The lowest BCUT2D eigenvalue weighted by Gasteiger charge is -2.17. The third-order valence-electron chi connectivity index (χ3n) is 4.56. The van der Waals surface area contributed by atoms with Crippen LogP contribution in [0.2, 0.25) is 5.02 Å². The molecule has 1 atom stereocenters. The number of ether oxygens (including phenoxy) is 1. The Kier molecular flexibility index (Phi) is 6.14. The number of halogens is 1. The number of methoxy groups -OCH3 is 1. The topological polar surface area (TPSA) is 89.3 Å². The minimum Gasteiger partial charge on any atom is -0.495 e. The van der Waals surface area contributed by atoms with Gasteiger partial charge in [-0.15, -0.1) is 10.2 Å². The Balaban J connectivity index is 1.62. The first-order valence-electron chi connectivity index (χ1n) is 9.49. The second-order valence-electron chi connectivity index (χ2n) is 6.57. The first-order valence-corrected chi connectivity index (χ1v) is 9.87. The first-order chi connectivity index (χ1) is 15.2. The van der Waals surface area contributed by atoms with Crippen LogP contribution in [0.15, 0.2) is 83.3 Å². The zero-order chi connectivity index (χ0) is 21.6. The van der Waals surface area contributed by atoms with Crippen LogP contribution in [-0.4, -0.2) is 23.3 Å². The maximum Gasteiger partial charge on any atom is 0.320 e. The minimum absolute atomic E-state index is 0.233. The molecule has 0 aliphatic carbocycles. The zero-order valence-electron chi connectivity index (χ0n) is 16.6. The number of benzene rings is 3. The summed E-state index contributed by atoms with van der Waals surface area (Å²) in [7, 11) is 1.54. The molecule has 7 nitrogen and oxygen atoms in total. The van der Waals surface area contributed by atoms with E-state index in [9.17, 15) is 4.79 Å². The summed E-state index contributed by atoms with van der Waals surface area (Å²) in [5.41, 5.74) is 1.94. The number of hydrogen-bond acceptors (Lipinski definition) is 5. The molecule has 0 bridgehead atoms. The highest BCUT2D eigenvalue weighted by Gasteiger charge is 2.24. The summed E-state index contributed by atoms with van der Waals surface area (Å²) in [6.45, 7) is 0. The van der Waals surface area contributed by atoms with Crippen LogP contribution in [0.3, 0.4) is 0 Å². The maximum atomic E-state index is 12.8. The fraction of sp³-hybridized carbons (Fsp3) is 0.0870. The number of rotatable bonds is 6. The molecule has 8 heteroatoms. The molecule has 0 fully saturated rings. The van der Waals surface area contributed by atoms with Crippen LogP contribution in [0, 0.1) is 0 Å². The van der Waals surface area contributed by atoms with Gasteiger partial charge in [-0.2, -0.15) is 0 Å². The van der Waals surface area contributed by atoms with Crippen molar-refractivity contribution < 1.29 is 13.9 Å². The van der Waals surface area contributed by atoms with Crippen molar-refractivity contribution in [3.05, 3.63) is 95.3 Å². The summed E-state index contributed by atoms with van der Waals surface area (Å²) in [6, 6.07) is 22.6. The Morgan fingerprint density at radius 1 is 0.968 bits per heavy atom. The molecule has 4 aromatic rings. The Morgan fingerprint density at radius 3 is 2.45 bits per heavy atom. The fourth-order valence-electron chi connectivity index (χ4n) is 3.07. The molecular weight excluding hydrogens is 416 g/mol. The van der Waals surface area contributed by atoms with Gasteiger partial charge in [0.25, 0.3) is 0 Å². The number of anilines is 1. The number of aromatic nitrogens is 2. The SMILES string of the molecule is COc1ccccc1NC(=O)N[C@@H](c1ccccc1)c1nnc(-c2ccccc2Cl)o1. The highest BCUT2D eigenvalue weighted by molar-refractivity contribution is 6.33. The smallest absolute Gasteiger partial charge is 0.320 e. The van der Waals surface area contributed by atoms with E-state index in [1.54, 1.807) is 37.4 Å². The quantitative estimate of drug-likeness (QED) is 0.429. The highest BCUT2D eigenvalue weighted by atomic mass is 35.5. The molecule has 0 unspecified atom stereocenters. The van der Waals surface area contributed by atoms with Crippen LogP contribution in [0.5, 0.6) is 5.75 Å². The average molecular weight is 435 g/mol. The van der Waals surface area contributed by atoms with Crippen molar-refractivity contribution in [2.45, 2.75) is 6.04 Å². The third kappa shape index (κ3) is 4.67. The molecule has 0 radical (unpaired) electrons. The molecule has 31 heavy (non-hydrogen) atoms. The van der Waals surface area contributed by atoms with Gasteiger partial charge in [-0.3, -0.25) is 0 Å². The summed E-state index contributed by atoms with van der Waals surface area (Å²) in [6.07, 6.45) is 0. The number of hydrogen-bond donors (Lipinski definition) is 2. The van der Waals surface area contributed by atoms with E-state index in [1.165, 1.54) is 0 Å². The summed E-state index contributed by atoms with van der Waals surface area (Å²) < 4.78 is 11.2. The fourth-order valence-corrected chi connectivity index (χ4v) is 3.28. The first kappa shape index (κ1) is 20.4. The summed E-state index contributed by atoms with van der Waals surface area (Å²) >= 11 is 6.25. The normalized spacial score (nSPS) is 11.5. The monoisotopic (exact) mass is 434 g/mol. The van der Waals surface area contributed by atoms with Gasteiger partial charge in [0.1, 0.15) is 11.8 Å². The van der Waals surface area contributed by atoms with Gasteiger partial charge >= 0.3 is 6.03 Å². The van der Waals surface area contributed by atoms with Crippen LogP contribution in [0.25, 0.3) is 11.5 Å². The van der Waals surface area contributed by atoms with E-state index in [1.807, 2.05) is 48.5 Å². The molecule has 1 aromatic heterocycles. The van der Waals surface area contributed by atoms with Crippen LogP contribution in [0.1, 0.15) is 17.5 Å². The van der Waals surface area contributed by atoms with Gasteiger partial charge in [0.15, 0.2) is 0 Å². The lowest BCUT2D eigenvalue weighted by Crippen LogP contribution is -2.33. The molecule has 2 amide bonds. The van der Waals surface area contributed by atoms with Crippen molar-refractivity contribution in [3.8, 4) is 17.2 Å². The van der Waals surface area contributed by atoms with Gasteiger partial charge in [0, 0.05) is 0 Å². The molecule has 0 saturated carbocycles. The van der Waals surface area contributed by atoms with E-state index in [-0.39, 0.29) is 11.8 Å². The van der Waals surface area contributed by atoms with Gasteiger partial charge in [-0.1, -0.05) is 66.2 Å². The second kappa shape index (κ2) is 9.32. The molecule has 4 rings (SSSR count). The Labute approximate surface area is 184 Å². The van der Waals surface area contributed by atoms with Gasteiger partial charge < -0.3 is 19.8 Å². The molecule has 0 aliphatic rings. The standard InChI is InChI=1S/C23H19ClN4O3/c1-30-19-14-8-7-13-18(19)25-23(29)26-20(15-9-3-2-4-10-15)22-28-27-21(31-22)16-11-5-6-12-17(16)24/h2-14,20H,1H3,(H2,25,26,29)/t20-/m0/s1. The van der Waals surface area contributed by atoms with Gasteiger partial charge in [-0.05, 0) is 29.8 Å². The molecular formula is C23H19ClN4O3. The molecule has 1 heterocycles. The number of carbonyl (C=O) groups is 1. The van der Waals surface area contributed by atoms with E-state index >= 15 is 0 Å². The van der Waals surface area contributed by atoms with Gasteiger partial charge in [0.2, 0.25) is 11.8 Å². The number of amides is 2. The second-order valence-corrected chi connectivity index (χ2v) is 6.97. The third-order valence-corrected chi connectivity index (χ3v) is 4.88. The summed E-state index contributed by atoms with van der Waals surface area (Å²) in [4.78, 5) is 12.8. The summed E-state index contributed by atoms with van der Waals surface area (Å²) in [5, 5.41) is 14.5. The Hall–Kier alpha value is -3.84. The van der Waals surface area contributed by atoms with Crippen molar-refractivity contribution in [2.24, 2.45) is 0 Å². The van der Waals surface area contributed by atoms with Crippen LogP contribution in [-0.2, 0) is 0 Å². The Bertz CT molecular complexity index is 1180. The molecule has 0 aliphatic heterocycles. The maximum absolute atomic E-state index is 12.8. The van der Waals surface area contributed by atoms with E-state index in [0.29, 0.717) is 22.0 Å². The molecule has 0 spiro atoms. The van der Waals surface area contributed by atoms with Crippen molar-refractivity contribution in [1.82, 2.24) is 15.5 Å².